The van der Waals surface area contributed by atoms with Crippen LogP contribution in [0.25, 0.3) is 0 Å². The van der Waals surface area contributed by atoms with Crippen molar-refractivity contribution in [1.29, 1.82) is 0 Å². The fraction of sp³-hybridized carbons (Fsp3) is 0.545. The summed E-state index contributed by atoms with van der Waals surface area (Å²) in [5.41, 5.74) is 0. The maximum Gasteiger partial charge on any atom is 0.243 e. The molecule has 3 heteroatoms. The van der Waals surface area contributed by atoms with Gasteiger partial charge in [0.1, 0.15) is 0 Å². The Morgan fingerprint density at radius 3 is 2.71 bits per heavy atom. The lowest BCUT2D eigenvalue weighted by molar-refractivity contribution is -0.116. The van der Waals surface area contributed by atoms with Crippen molar-refractivity contribution >= 4 is 21.8 Å². The highest BCUT2D eigenvalue weighted by Crippen LogP contribution is 1.96. The number of alkyl halides is 1. The van der Waals surface area contributed by atoms with Crippen LogP contribution in [0.1, 0.15) is 20.3 Å². The van der Waals surface area contributed by atoms with E-state index in [4.69, 9.17) is 0 Å². The predicted octanol–water partition coefficient (Wildman–Crippen LogP) is 2.66. The van der Waals surface area contributed by atoms with E-state index >= 15 is 0 Å². The summed E-state index contributed by atoms with van der Waals surface area (Å²) in [6, 6.07) is 0. The molecule has 0 aromatic heterocycles. The first kappa shape index (κ1) is 13.4. The van der Waals surface area contributed by atoms with Crippen LogP contribution in [0.4, 0.5) is 0 Å². The topological polar surface area (TPSA) is 29.1 Å². The zero-order valence-electron chi connectivity index (χ0n) is 8.79. The second-order valence-corrected chi connectivity index (χ2v) is 4.06. The van der Waals surface area contributed by atoms with Gasteiger partial charge in [-0.05, 0) is 12.3 Å². The molecule has 1 N–H and O–H groups in total. The minimum absolute atomic E-state index is 0.0233. The average molecular weight is 260 g/mol. The number of halogens is 1. The van der Waals surface area contributed by atoms with Crippen LogP contribution in [0.5, 0.6) is 0 Å². The summed E-state index contributed by atoms with van der Waals surface area (Å²) in [5, 5.41) is 3.63. The molecule has 0 spiro atoms. The van der Waals surface area contributed by atoms with Crippen LogP contribution in [-0.2, 0) is 4.79 Å². The van der Waals surface area contributed by atoms with Gasteiger partial charge in [-0.1, -0.05) is 48.0 Å². The number of carbonyl (C=O) groups excluding carboxylic acids is 1. The smallest absolute Gasteiger partial charge is 0.243 e. The SMILES string of the molecule is CC(C)CCNC(=O)C=CC=CCBr. The van der Waals surface area contributed by atoms with E-state index in [0.717, 1.165) is 18.3 Å². The van der Waals surface area contributed by atoms with E-state index < -0.39 is 0 Å². The summed E-state index contributed by atoms with van der Waals surface area (Å²) in [6.07, 6.45) is 8.08. The molecule has 0 saturated heterocycles. The molecule has 0 rings (SSSR count). The molecule has 0 saturated carbocycles. The van der Waals surface area contributed by atoms with E-state index in [2.05, 4.69) is 35.1 Å². The van der Waals surface area contributed by atoms with E-state index in [9.17, 15) is 4.79 Å². The van der Waals surface area contributed by atoms with Gasteiger partial charge in [-0.15, -0.1) is 0 Å². The van der Waals surface area contributed by atoms with Crippen molar-refractivity contribution < 1.29 is 4.79 Å². The quantitative estimate of drug-likeness (QED) is 0.444. The molecule has 0 atom stereocenters. The van der Waals surface area contributed by atoms with Gasteiger partial charge < -0.3 is 5.32 Å². The molecule has 0 radical (unpaired) electrons. The lowest BCUT2D eigenvalue weighted by Gasteiger charge is -2.03. The molecule has 0 aliphatic rings. The number of rotatable bonds is 6. The summed E-state index contributed by atoms with van der Waals surface area (Å²) in [6.45, 7) is 5.03. The third kappa shape index (κ3) is 9.52. The predicted molar refractivity (Wildman–Crippen MR) is 64.5 cm³/mol. The third-order valence-corrected chi connectivity index (χ3v) is 1.98. The summed E-state index contributed by atoms with van der Waals surface area (Å²) >= 11 is 3.25. The maximum atomic E-state index is 11.1. The van der Waals surface area contributed by atoms with Crippen molar-refractivity contribution in [3.05, 3.63) is 24.3 Å². The van der Waals surface area contributed by atoms with E-state index in [1.54, 1.807) is 12.2 Å². The van der Waals surface area contributed by atoms with Gasteiger partial charge in [0.15, 0.2) is 0 Å². The van der Waals surface area contributed by atoms with Crippen LogP contribution in [0.3, 0.4) is 0 Å². The van der Waals surface area contributed by atoms with Crippen LogP contribution < -0.4 is 5.32 Å². The molecule has 0 aliphatic carbocycles. The Balaban J connectivity index is 3.55. The van der Waals surface area contributed by atoms with E-state index in [-0.39, 0.29) is 5.91 Å². The van der Waals surface area contributed by atoms with Crippen molar-refractivity contribution in [2.75, 3.05) is 11.9 Å². The highest BCUT2D eigenvalue weighted by Gasteiger charge is 1.95. The Labute approximate surface area is 94.6 Å². The number of hydrogen-bond acceptors (Lipinski definition) is 1. The van der Waals surface area contributed by atoms with E-state index in [1.165, 1.54) is 0 Å². The fourth-order valence-corrected chi connectivity index (χ4v) is 1.03. The van der Waals surface area contributed by atoms with Crippen molar-refractivity contribution in [3.8, 4) is 0 Å². The van der Waals surface area contributed by atoms with Crippen molar-refractivity contribution in [2.24, 2.45) is 5.92 Å². The molecule has 2 nitrogen and oxygen atoms in total. The molecule has 0 aromatic carbocycles. The van der Waals surface area contributed by atoms with Gasteiger partial charge in [0.05, 0.1) is 0 Å². The number of allylic oxidation sites excluding steroid dienone is 3. The van der Waals surface area contributed by atoms with Crippen LogP contribution in [0.15, 0.2) is 24.3 Å². The lowest BCUT2D eigenvalue weighted by Crippen LogP contribution is -2.23. The number of amides is 1. The molecule has 0 unspecified atom stereocenters. The zero-order valence-corrected chi connectivity index (χ0v) is 10.4. The molecule has 0 aromatic rings. The molecule has 1 amide bonds. The molecule has 0 aliphatic heterocycles. The van der Waals surface area contributed by atoms with Crippen LogP contribution in [0.2, 0.25) is 0 Å². The molecule has 80 valence electrons. The van der Waals surface area contributed by atoms with Crippen LogP contribution >= 0.6 is 15.9 Å². The first-order chi connectivity index (χ1) is 6.66. The molecular weight excluding hydrogens is 242 g/mol. The summed E-state index contributed by atoms with van der Waals surface area (Å²) in [4.78, 5) is 11.1. The Morgan fingerprint density at radius 1 is 1.43 bits per heavy atom. The Morgan fingerprint density at radius 2 is 2.14 bits per heavy atom. The Hall–Kier alpha value is -0.570. The molecular formula is C11H18BrNO. The number of hydrogen-bond donors (Lipinski definition) is 1. The first-order valence-corrected chi connectivity index (χ1v) is 5.96. The van der Waals surface area contributed by atoms with Gasteiger partial charge in [-0.25, -0.2) is 0 Å². The third-order valence-electron chi connectivity index (χ3n) is 1.60. The summed E-state index contributed by atoms with van der Waals surface area (Å²) in [7, 11) is 0. The Kier molecular flexibility index (Phi) is 8.64. The standard InChI is InChI=1S/C11H18BrNO/c1-10(2)7-9-13-11(14)6-4-3-5-8-12/h3-6,10H,7-9H2,1-2H3,(H,13,14). The lowest BCUT2D eigenvalue weighted by atomic mass is 10.1. The average Bonchev–Trinajstić information content (AvgIpc) is 2.12. The normalized spacial score (nSPS) is 11.7. The highest BCUT2D eigenvalue weighted by atomic mass is 79.9. The van der Waals surface area contributed by atoms with Gasteiger partial charge in [0, 0.05) is 18.0 Å². The van der Waals surface area contributed by atoms with Gasteiger partial charge in [0.2, 0.25) is 5.91 Å². The van der Waals surface area contributed by atoms with Crippen molar-refractivity contribution in [3.63, 3.8) is 0 Å². The van der Waals surface area contributed by atoms with Gasteiger partial charge in [-0.2, -0.15) is 0 Å². The molecule has 0 bridgehead atoms. The highest BCUT2D eigenvalue weighted by molar-refractivity contribution is 9.09. The molecule has 0 heterocycles. The van der Waals surface area contributed by atoms with E-state index in [0.29, 0.717) is 5.92 Å². The van der Waals surface area contributed by atoms with Gasteiger partial charge >= 0.3 is 0 Å². The second-order valence-electron chi connectivity index (χ2n) is 3.42. The Bertz CT molecular complexity index is 209. The van der Waals surface area contributed by atoms with Crippen molar-refractivity contribution in [1.82, 2.24) is 5.32 Å². The van der Waals surface area contributed by atoms with Crippen LogP contribution in [0, 0.1) is 5.92 Å². The maximum absolute atomic E-state index is 11.1. The first-order valence-electron chi connectivity index (χ1n) is 4.83. The second kappa shape index (κ2) is 9.00. The zero-order chi connectivity index (χ0) is 10.8. The van der Waals surface area contributed by atoms with Gasteiger partial charge in [0.25, 0.3) is 0 Å². The number of carbonyl (C=O) groups is 1. The van der Waals surface area contributed by atoms with E-state index in [1.807, 2.05) is 12.2 Å². The minimum Gasteiger partial charge on any atom is -0.353 e. The van der Waals surface area contributed by atoms with Crippen LogP contribution in [-0.4, -0.2) is 17.8 Å². The number of nitrogens with one attached hydrogen (secondary N) is 1. The summed E-state index contributed by atoms with van der Waals surface area (Å²) < 4.78 is 0. The van der Waals surface area contributed by atoms with Gasteiger partial charge in [-0.3, -0.25) is 4.79 Å². The summed E-state index contributed by atoms with van der Waals surface area (Å²) in [5.74, 6) is 0.609. The minimum atomic E-state index is -0.0233. The largest absolute Gasteiger partial charge is 0.353 e. The monoisotopic (exact) mass is 259 g/mol. The molecule has 14 heavy (non-hydrogen) atoms. The van der Waals surface area contributed by atoms with Crippen molar-refractivity contribution in [2.45, 2.75) is 20.3 Å². The molecule has 0 fully saturated rings. The fourth-order valence-electron chi connectivity index (χ4n) is 0.816.